The number of rotatable bonds is 2. The molecule has 26 heavy (non-hydrogen) atoms. The summed E-state index contributed by atoms with van der Waals surface area (Å²) in [6, 6.07) is 11.2. The second-order valence-electron chi connectivity index (χ2n) is 6.51. The standard InChI is InChI=1S/C19H15BrFNO4/c20-11-5-6-13(15(21)9-11)16(23)17(24)22-8-7-19(10-22)14-4-2-1-3-12(14)18(25)26-19/h1-6,9,16,23H,7-8,10H2/t16?,19-/m0/s1. The SMILES string of the molecule is O=C1O[C@]2(CCN(C(=O)C(O)c3ccc(Br)cc3F)C2)c2ccccc21. The smallest absolute Gasteiger partial charge is 0.339 e. The number of hydrogen-bond acceptors (Lipinski definition) is 4. The van der Waals surface area contributed by atoms with Crippen molar-refractivity contribution < 1.29 is 23.8 Å². The van der Waals surface area contributed by atoms with Gasteiger partial charge in [0.25, 0.3) is 5.91 Å². The molecule has 1 saturated heterocycles. The molecule has 134 valence electrons. The Kier molecular flexibility index (Phi) is 4.08. The second-order valence-corrected chi connectivity index (χ2v) is 7.42. The van der Waals surface area contributed by atoms with Gasteiger partial charge in [-0.1, -0.05) is 40.2 Å². The van der Waals surface area contributed by atoms with E-state index in [1.165, 1.54) is 17.0 Å². The van der Waals surface area contributed by atoms with Crippen molar-refractivity contribution in [3.8, 4) is 0 Å². The first-order valence-electron chi connectivity index (χ1n) is 8.16. The third kappa shape index (κ3) is 2.62. The van der Waals surface area contributed by atoms with Crippen molar-refractivity contribution in [3.63, 3.8) is 0 Å². The first-order chi connectivity index (χ1) is 12.4. The zero-order chi connectivity index (χ0) is 18.5. The van der Waals surface area contributed by atoms with Crippen LogP contribution < -0.4 is 0 Å². The lowest BCUT2D eigenvalue weighted by atomic mass is 9.91. The van der Waals surface area contributed by atoms with E-state index < -0.39 is 29.4 Å². The van der Waals surface area contributed by atoms with Crippen molar-refractivity contribution in [1.29, 1.82) is 0 Å². The first-order valence-corrected chi connectivity index (χ1v) is 8.95. The predicted molar refractivity (Wildman–Crippen MR) is 93.8 cm³/mol. The molecule has 1 N–H and O–H groups in total. The summed E-state index contributed by atoms with van der Waals surface area (Å²) in [5.74, 6) is -1.68. The zero-order valence-corrected chi connectivity index (χ0v) is 15.2. The Morgan fingerprint density at radius 3 is 2.85 bits per heavy atom. The van der Waals surface area contributed by atoms with Gasteiger partial charge in [0.05, 0.1) is 12.1 Å². The molecular formula is C19H15BrFNO4. The van der Waals surface area contributed by atoms with Gasteiger partial charge in [-0.25, -0.2) is 9.18 Å². The molecule has 1 unspecified atom stereocenters. The minimum atomic E-state index is -1.61. The first kappa shape index (κ1) is 17.2. The maximum atomic E-state index is 14.1. The summed E-state index contributed by atoms with van der Waals surface area (Å²) < 4.78 is 20.2. The quantitative estimate of drug-likeness (QED) is 0.759. The number of hydrogen-bond donors (Lipinski definition) is 1. The van der Waals surface area contributed by atoms with Crippen molar-refractivity contribution in [2.45, 2.75) is 18.1 Å². The van der Waals surface area contributed by atoms with Crippen molar-refractivity contribution in [2.24, 2.45) is 0 Å². The highest BCUT2D eigenvalue weighted by Crippen LogP contribution is 2.43. The monoisotopic (exact) mass is 419 g/mol. The van der Waals surface area contributed by atoms with Crippen molar-refractivity contribution in [2.75, 3.05) is 13.1 Å². The number of esters is 1. The van der Waals surface area contributed by atoms with Gasteiger partial charge in [0.2, 0.25) is 0 Å². The fraction of sp³-hybridized carbons (Fsp3) is 0.263. The lowest BCUT2D eigenvalue weighted by Gasteiger charge is -2.25. The third-order valence-corrected chi connectivity index (χ3v) is 5.45. The molecule has 2 aromatic carbocycles. The number of carbonyl (C=O) groups is 2. The van der Waals surface area contributed by atoms with Crippen molar-refractivity contribution in [1.82, 2.24) is 4.90 Å². The van der Waals surface area contributed by atoms with E-state index in [9.17, 15) is 19.1 Å². The van der Waals surface area contributed by atoms with Crippen LogP contribution in [0.3, 0.4) is 0 Å². The molecule has 1 spiro atoms. The Bertz CT molecular complexity index is 918. The molecule has 2 aliphatic rings. The summed E-state index contributed by atoms with van der Waals surface area (Å²) in [6.07, 6.45) is -1.16. The summed E-state index contributed by atoms with van der Waals surface area (Å²) in [5.41, 5.74) is 0.287. The molecule has 7 heteroatoms. The van der Waals surface area contributed by atoms with Crippen LogP contribution in [0.1, 0.15) is 34.0 Å². The van der Waals surface area contributed by atoms with Gasteiger partial charge in [-0.05, 0) is 18.2 Å². The van der Waals surface area contributed by atoms with Crippen LogP contribution in [0.2, 0.25) is 0 Å². The molecule has 4 rings (SSSR count). The number of likely N-dealkylation sites (tertiary alicyclic amines) is 1. The molecule has 1 amide bonds. The molecule has 0 radical (unpaired) electrons. The highest BCUT2D eigenvalue weighted by atomic mass is 79.9. The number of carbonyl (C=O) groups excluding carboxylic acids is 2. The molecule has 0 bridgehead atoms. The molecule has 2 atom stereocenters. The Hall–Kier alpha value is -2.25. The topological polar surface area (TPSA) is 66.8 Å². The number of benzene rings is 2. The van der Waals surface area contributed by atoms with E-state index in [1.54, 1.807) is 18.2 Å². The molecule has 5 nitrogen and oxygen atoms in total. The van der Waals surface area contributed by atoms with E-state index in [4.69, 9.17) is 4.74 Å². The molecule has 2 heterocycles. The molecular weight excluding hydrogens is 405 g/mol. The number of ether oxygens (including phenoxy) is 1. The number of fused-ring (bicyclic) bond motifs is 2. The second kappa shape index (κ2) is 6.17. The van der Waals surface area contributed by atoms with Crippen LogP contribution in [0.4, 0.5) is 4.39 Å². The van der Waals surface area contributed by atoms with Gasteiger partial charge in [0.1, 0.15) is 5.82 Å². The number of aliphatic hydroxyl groups excluding tert-OH is 1. The Morgan fingerprint density at radius 1 is 1.31 bits per heavy atom. The van der Waals surface area contributed by atoms with Gasteiger partial charge in [-0.3, -0.25) is 4.79 Å². The van der Waals surface area contributed by atoms with Crippen LogP contribution in [0, 0.1) is 5.82 Å². The van der Waals surface area contributed by atoms with Gasteiger partial charge in [0.15, 0.2) is 11.7 Å². The normalized spacial score (nSPS) is 22.4. The largest absolute Gasteiger partial charge is 0.449 e. The van der Waals surface area contributed by atoms with E-state index in [0.717, 1.165) is 5.56 Å². The highest BCUT2D eigenvalue weighted by molar-refractivity contribution is 9.10. The van der Waals surface area contributed by atoms with Crippen LogP contribution in [-0.2, 0) is 15.1 Å². The maximum Gasteiger partial charge on any atom is 0.339 e. The minimum Gasteiger partial charge on any atom is -0.449 e. The van der Waals surface area contributed by atoms with E-state index >= 15 is 0 Å². The van der Waals surface area contributed by atoms with Crippen molar-refractivity contribution in [3.05, 3.63) is 69.4 Å². The van der Waals surface area contributed by atoms with Crippen LogP contribution in [0.5, 0.6) is 0 Å². The van der Waals surface area contributed by atoms with Gasteiger partial charge in [-0.2, -0.15) is 0 Å². The number of amides is 1. The average molecular weight is 420 g/mol. The molecule has 2 aromatic rings. The summed E-state index contributed by atoms with van der Waals surface area (Å²) in [6.45, 7) is 0.458. The lowest BCUT2D eigenvalue weighted by Crippen LogP contribution is -2.37. The van der Waals surface area contributed by atoms with Crippen LogP contribution in [0.25, 0.3) is 0 Å². The van der Waals surface area contributed by atoms with Gasteiger partial charge < -0.3 is 14.7 Å². The fourth-order valence-electron chi connectivity index (χ4n) is 3.65. The number of nitrogens with zero attached hydrogens (tertiary/aromatic N) is 1. The third-order valence-electron chi connectivity index (χ3n) is 4.96. The van der Waals surface area contributed by atoms with E-state index in [2.05, 4.69) is 15.9 Å². The summed E-state index contributed by atoms with van der Waals surface area (Å²) >= 11 is 3.14. The Labute approximate surface area is 157 Å². The number of aliphatic hydroxyl groups is 1. The highest BCUT2D eigenvalue weighted by Gasteiger charge is 2.51. The Morgan fingerprint density at radius 2 is 2.08 bits per heavy atom. The molecule has 2 aliphatic heterocycles. The Balaban J connectivity index is 1.58. The van der Waals surface area contributed by atoms with E-state index in [-0.39, 0.29) is 12.1 Å². The summed E-state index contributed by atoms with van der Waals surface area (Å²) in [4.78, 5) is 26.2. The maximum absolute atomic E-state index is 14.1. The van der Waals surface area contributed by atoms with Crippen LogP contribution in [-0.4, -0.2) is 35.0 Å². The van der Waals surface area contributed by atoms with Gasteiger partial charge in [-0.15, -0.1) is 0 Å². The van der Waals surface area contributed by atoms with E-state index in [0.29, 0.717) is 23.0 Å². The molecule has 0 saturated carbocycles. The van der Waals surface area contributed by atoms with Gasteiger partial charge in [0, 0.05) is 28.6 Å². The van der Waals surface area contributed by atoms with Crippen LogP contribution in [0.15, 0.2) is 46.9 Å². The predicted octanol–water partition coefficient (Wildman–Crippen LogP) is 2.92. The number of halogens is 2. The molecule has 0 aromatic heterocycles. The molecule has 1 fully saturated rings. The lowest BCUT2D eigenvalue weighted by molar-refractivity contribution is -0.140. The average Bonchev–Trinajstić information content (AvgIpc) is 3.17. The van der Waals surface area contributed by atoms with Crippen LogP contribution >= 0.6 is 15.9 Å². The summed E-state index contributed by atoms with van der Waals surface area (Å²) in [5, 5.41) is 10.3. The van der Waals surface area contributed by atoms with Crippen molar-refractivity contribution >= 4 is 27.8 Å². The zero-order valence-electron chi connectivity index (χ0n) is 13.6. The van der Waals surface area contributed by atoms with Gasteiger partial charge >= 0.3 is 5.97 Å². The minimum absolute atomic E-state index is 0.0806. The fourth-order valence-corrected chi connectivity index (χ4v) is 3.98. The summed E-state index contributed by atoms with van der Waals surface area (Å²) in [7, 11) is 0. The molecule has 0 aliphatic carbocycles. The van der Waals surface area contributed by atoms with E-state index in [1.807, 2.05) is 12.1 Å².